The van der Waals surface area contributed by atoms with Crippen molar-refractivity contribution in [2.45, 2.75) is 64.1 Å². The second-order valence-corrected chi connectivity index (χ2v) is 9.36. The number of amides is 1. The minimum Gasteiger partial charge on any atom is -0.355 e. The zero-order valence-corrected chi connectivity index (χ0v) is 20.3. The number of imidazole rings is 1. The molecule has 0 aliphatic heterocycles. The quantitative estimate of drug-likeness (QED) is 0.240. The molecule has 0 spiro atoms. The van der Waals surface area contributed by atoms with Crippen molar-refractivity contribution in [3.63, 3.8) is 0 Å². The molecule has 2 aromatic carbocycles. The van der Waals surface area contributed by atoms with E-state index in [-0.39, 0.29) is 11.9 Å². The van der Waals surface area contributed by atoms with E-state index in [2.05, 4.69) is 79.2 Å². The van der Waals surface area contributed by atoms with Gasteiger partial charge in [0.2, 0.25) is 5.91 Å². The van der Waals surface area contributed by atoms with Gasteiger partial charge < -0.3 is 9.88 Å². The van der Waals surface area contributed by atoms with Crippen molar-refractivity contribution in [3.8, 4) is 22.5 Å². The molecular weight excluding hydrogens is 414 g/mol. The van der Waals surface area contributed by atoms with Crippen LogP contribution >= 0.6 is 11.8 Å². The molecule has 0 atom stereocenters. The number of rotatable bonds is 12. The predicted molar refractivity (Wildman–Crippen MR) is 136 cm³/mol. The number of carbonyl (C=O) groups excluding carboxylic acids is 1. The second-order valence-electron chi connectivity index (χ2n) is 8.30. The van der Waals surface area contributed by atoms with Crippen molar-refractivity contribution in [1.82, 2.24) is 14.9 Å². The van der Waals surface area contributed by atoms with Crippen LogP contribution in [0.2, 0.25) is 0 Å². The van der Waals surface area contributed by atoms with Gasteiger partial charge in [0.15, 0.2) is 5.16 Å². The molecule has 32 heavy (non-hydrogen) atoms. The fourth-order valence-corrected chi connectivity index (χ4v) is 4.78. The van der Waals surface area contributed by atoms with E-state index < -0.39 is 0 Å². The van der Waals surface area contributed by atoms with Crippen LogP contribution in [0.4, 0.5) is 0 Å². The minimum atomic E-state index is 0.156. The summed E-state index contributed by atoms with van der Waals surface area (Å²) >= 11 is 1.71. The van der Waals surface area contributed by atoms with E-state index in [4.69, 9.17) is 4.98 Å². The zero-order valence-electron chi connectivity index (χ0n) is 19.5. The van der Waals surface area contributed by atoms with Gasteiger partial charge in [-0.2, -0.15) is 0 Å². The topological polar surface area (TPSA) is 46.9 Å². The molecule has 170 valence electrons. The summed E-state index contributed by atoms with van der Waals surface area (Å²) in [6.45, 7) is 7.24. The number of aromatic nitrogens is 2. The average molecular weight is 450 g/mol. The Morgan fingerprint density at radius 3 is 2.25 bits per heavy atom. The summed E-state index contributed by atoms with van der Waals surface area (Å²) in [6, 6.07) is 21.1. The van der Waals surface area contributed by atoms with Crippen molar-refractivity contribution in [2.24, 2.45) is 0 Å². The highest BCUT2D eigenvalue weighted by Gasteiger charge is 2.21. The first-order valence-electron chi connectivity index (χ1n) is 11.7. The fourth-order valence-electron chi connectivity index (χ4n) is 3.80. The summed E-state index contributed by atoms with van der Waals surface area (Å²) < 4.78 is 2.33. The third kappa shape index (κ3) is 6.49. The highest BCUT2D eigenvalue weighted by molar-refractivity contribution is 7.99. The van der Waals surface area contributed by atoms with Crippen LogP contribution in [0.15, 0.2) is 65.8 Å². The van der Waals surface area contributed by atoms with Crippen LogP contribution < -0.4 is 5.32 Å². The Morgan fingerprint density at radius 1 is 0.969 bits per heavy atom. The summed E-state index contributed by atoms with van der Waals surface area (Å²) in [5, 5.41) is 4.06. The molecule has 1 amide bonds. The molecule has 0 radical (unpaired) electrons. The van der Waals surface area contributed by atoms with Crippen molar-refractivity contribution < 1.29 is 4.79 Å². The number of nitrogens with zero attached hydrogens (tertiary/aromatic N) is 2. The maximum atomic E-state index is 12.1. The van der Waals surface area contributed by atoms with Crippen molar-refractivity contribution in [2.75, 3.05) is 12.3 Å². The van der Waals surface area contributed by atoms with Crippen LogP contribution in [0.3, 0.4) is 0 Å². The highest BCUT2D eigenvalue weighted by atomic mass is 32.2. The second kappa shape index (κ2) is 12.5. The van der Waals surface area contributed by atoms with Crippen molar-refractivity contribution in [3.05, 3.63) is 60.7 Å². The van der Waals surface area contributed by atoms with Crippen LogP contribution in [0.25, 0.3) is 22.5 Å². The first kappa shape index (κ1) is 24.1. The Morgan fingerprint density at radius 2 is 1.62 bits per heavy atom. The van der Waals surface area contributed by atoms with Crippen LogP contribution in [0.1, 0.15) is 58.9 Å². The smallest absolute Gasteiger partial charge is 0.220 e. The lowest BCUT2D eigenvalue weighted by Crippen LogP contribution is -2.25. The highest BCUT2D eigenvalue weighted by Crippen LogP contribution is 2.37. The number of benzene rings is 2. The van der Waals surface area contributed by atoms with Crippen molar-refractivity contribution in [1.29, 1.82) is 0 Å². The van der Waals surface area contributed by atoms with Crippen LogP contribution in [-0.4, -0.2) is 27.8 Å². The first-order chi connectivity index (χ1) is 15.6. The lowest BCUT2D eigenvalue weighted by molar-refractivity contribution is -0.121. The van der Waals surface area contributed by atoms with E-state index in [1.165, 1.54) is 18.4 Å². The largest absolute Gasteiger partial charge is 0.355 e. The average Bonchev–Trinajstić information content (AvgIpc) is 3.20. The van der Waals surface area contributed by atoms with Crippen LogP contribution in [0.5, 0.6) is 0 Å². The number of nitrogens with one attached hydrogen (secondary N) is 1. The fraction of sp³-hybridized carbons (Fsp3) is 0.407. The molecule has 3 aromatic rings. The van der Waals surface area contributed by atoms with Crippen LogP contribution in [-0.2, 0) is 4.79 Å². The molecular formula is C27H35N3OS. The van der Waals surface area contributed by atoms with Gasteiger partial charge in [0.25, 0.3) is 0 Å². The molecule has 0 unspecified atom stereocenters. The molecule has 0 aliphatic rings. The van der Waals surface area contributed by atoms with Gasteiger partial charge >= 0.3 is 0 Å². The third-order valence-corrected chi connectivity index (χ3v) is 6.36. The maximum absolute atomic E-state index is 12.1. The van der Waals surface area contributed by atoms with E-state index in [1.54, 1.807) is 11.8 Å². The molecule has 0 saturated heterocycles. The van der Waals surface area contributed by atoms with E-state index in [9.17, 15) is 4.79 Å². The van der Waals surface area contributed by atoms with Gasteiger partial charge in [-0.15, -0.1) is 0 Å². The van der Waals surface area contributed by atoms with Gasteiger partial charge in [0.1, 0.15) is 0 Å². The Hall–Kier alpha value is -2.53. The summed E-state index contributed by atoms with van der Waals surface area (Å²) in [4.78, 5) is 17.2. The number of hydrogen-bond donors (Lipinski definition) is 1. The number of hydrogen-bond acceptors (Lipinski definition) is 3. The standard InChI is InChI=1S/C27H35N3OS/c1-4-5-6-13-18-24(31)28-19-20-32-27-29-25(22-14-9-7-10-15-22)26(30(27)21(2)3)23-16-11-8-12-17-23/h7-12,14-17,21H,4-6,13,18-20H2,1-3H3,(H,28,31). The molecule has 1 aromatic heterocycles. The summed E-state index contributed by atoms with van der Waals surface area (Å²) in [5.74, 6) is 0.955. The molecule has 1 heterocycles. The molecule has 4 nitrogen and oxygen atoms in total. The number of carbonyl (C=O) groups is 1. The Bertz CT molecular complexity index is 967. The van der Waals surface area contributed by atoms with Gasteiger partial charge in [0.05, 0.1) is 11.4 Å². The van der Waals surface area contributed by atoms with Crippen molar-refractivity contribution >= 4 is 17.7 Å². The van der Waals surface area contributed by atoms with Gasteiger partial charge in [0, 0.05) is 35.9 Å². The number of unbranched alkanes of at least 4 members (excludes halogenated alkanes) is 3. The molecule has 5 heteroatoms. The lowest BCUT2D eigenvalue weighted by Gasteiger charge is -2.16. The molecule has 0 fully saturated rings. The van der Waals surface area contributed by atoms with Gasteiger partial charge in [-0.25, -0.2) is 4.98 Å². The van der Waals surface area contributed by atoms with E-state index >= 15 is 0 Å². The van der Waals surface area contributed by atoms with Crippen LogP contribution in [0, 0.1) is 0 Å². The van der Waals surface area contributed by atoms with E-state index in [0.29, 0.717) is 13.0 Å². The molecule has 0 aliphatic carbocycles. The lowest BCUT2D eigenvalue weighted by atomic mass is 10.0. The Labute approximate surface area is 196 Å². The predicted octanol–water partition coefficient (Wildman–Crippen LogP) is 6.98. The third-order valence-electron chi connectivity index (χ3n) is 5.40. The molecule has 3 rings (SSSR count). The Kier molecular flexibility index (Phi) is 9.42. The summed E-state index contributed by atoms with van der Waals surface area (Å²) in [7, 11) is 0. The molecule has 0 bridgehead atoms. The maximum Gasteiger partial charge on any atom is 0.220 e. The van der Waals surface area contributed by atoms with Gasteiger partial charge in [-0.05, 0) is 20.3 Å². The van der Waals surface area contributed by atoms with Gasteiger partial charge in [-0.3, -0.25) is 4.79 Å². The summed E-state index contributed by atoms with van der Waals surface area (Å²) in [6.07, 6.45) is 5.13. The van der Waals surface area contributed by atoms with E-state index in [0.717, 1.165) is 40.7 Å². The zero-order chi connectivity index (χ0) is 22.8. The van der Waals surface area contributed by atoms with E-state index in [1.807, 2.05) is 12.1 Å². The SMILES string of the molecule is CCCCCCC(=O)NCCSc1nc(-c2ccccc2)c(-c2ccccc2)n1C(C)C. The monoisotopic (exact) mass is 449 g/mol. The Balaban J connectivity index is 1.76. The summed E-state index contributed by atoms with van der Waals surface area (Å²) in [5.41, 5.74) is 4.44. The van der Waals surface area contributed by atoms with Gasteiger partial charge in [-0.1, -0.05) is 98.6 Å². The number of thioether (sulfide) groups is 1. The molecule has 1 N–H and O–H groups in total. The normalized spacial score (nSPS) is 11.1. The first-order valence-corrected chi connectivity index (χ1v) is 12.7. The molecule has 0 saturated carbocycles. The minimum absolute atomic E-state index is 0.156.